The van der Waals surface area contributed by atoms with Crippen molar-refractivity contribution in [3.63, 3.8) is 0 Å². The second-order valence-corrected chi connectivity index (χ2v) is 7.16. The lowest BCUT2D eigenvalue weighted by Gasteiger charge is -2.14. The molecular formula is C27H23NO2. The Kier molecular flexibility index (Phi) is 5.68. The summed E-state index contributed by atoms with van der Waals surface area (Å²) in [4.78, 5) is 16.1. The molecule has 1 N–H and O–H groups in total. The molecule has 1 atom stereocenters. The number of ether oxygens (including phenoxy) is 1. The van der Waals surface area contributed by atoms with E-state index in [2.05, 4.69) is 48.0 Å². The van der Waals surface area contributed by atoms with Crippen molar-refractivity contribution < 1.29 is 9.53 Å². The van der Waals surface area contributed by atoms with Crippen LogP contribution in [0.3, 0.4) is 0 Å². The number of para-hydroxylation sites is 1. The number of H-pyrrole nitrogens is 1. The smallest absolute Gasteiger partial charge is 0.355 e. The number of nitrogens with one attached hydrogen (secondary N) is 1. The third-order valence-electron chi connectivity index (χ3n) is 5.06. The van der Waals surface area contributed by atoms with E-state index >= 15 is 0 Å². The highest BCUT2D eigenvalue weighted by atomic mass is 16.5. The number of benzene rings is 3. The van der Waals surface area contributed by atoms with Crippen molar-refractivity contribution in [2.45, 2.75) is 19.8 Å². The SMILES string of the molecule is CCOC(=O)c1[nH]c2ccccc2c1C(C#Cc1ccccc1)c1ccc(C)cc1. The maximum Gasteiger partial charge on any atom is 0.355 e. The van der Waals surface area contributed by atoms with Crippen LogP contribution in [-0.4, -0.2) is 17.6 Å². The minimum absolute atomic E-state index is 0.277. The molecule has 3 aromatic carbocycles. The molecule has 0 saturated carbocycles. The number of rotatable bonds is 4. The molecule has 0 aliphatic carbocycles. The predicted molar refractivity (Wildman–Crippen MR) is 121 cm³/mol. The number of fused-ring (bicyclic) bond motifs is 1. The Labute approximate surface area is 176 Å². The van der Waals surface area contributed by atoms with E-state index in [1.165, 1.54) is 5.56 Å². The van der Waals surface area contributed by atoms with Gasteiger partial charge in [-0.15, -0.1) is 0 Å². The van der Waals surface area contributed by atoms with E-state index in [0.29, 0.717) is 12.3 Å². The molecule has 1 aromatic heterocycles. The topological polar surface area (TPSA) is 42.1 Å². The van der Waals surface area contributed by atoms with Gasteiger partial charge in [0.25, 0.3) is 0 Å². The molecule has 0 spiro atoms. The maximum absolute atomic E-state index is 12.8. The summed E-state index contributed by atoms with van der Waals surface area (Å²) in [6.07, 6.45) is 0. The average molecular weight is 393 g/mol. The summed E-state index contributed by atoms with van der Waals surface area (Å²) in [6, 6.07) is 26.1. The fourth-order valence-electron chi connectivity index (χ4n) is 3.59. The third-order valence-corrected chi connectivity index (χ3v) is 5.06. The number of aryl methyl sites for hydroxylation is 1. The van der Waals surface area contributed by atoms with Crippen LogP contribution in [0.1, 0.15) is 45.6 Å². The fourth-order valence-corrected chi connectivity index (χ4v) is 3.59. The van der Waals surface area contributed by atoms with Gasteiger partial charge in [-0.05, 0) is 37.6 Å². The number of esters is 1. The largest absolute Gasteiger partial charge is 0.461 e. The zero-order valence-electron chi connectivity index (χ0n) is 17.1. The van der Waals surface area contributed by atoms with E-state index in [-0.39, 0.29) is 11.9 Å². The van der Waals surface area contributed by atoms with Gasteiger partial charge < -0.3 is 9.72 Å². The van der Waals surface area contributed by atoms with Crippen molar-refractivity contribution in [2.75, 3.05) is 6.61 Å². The fraction of sp³-hybridized carbons (Fsp3) is 0.148. The van der Waals surface area contributed by atoms with Gasteiger partial charge in [0.15, 0.2) is 0 Å². The Balaban J connectivity index is 1.94. The molecule has 0 aliphatic heterocycles. The van der Waals surface area contributed by atoms with E-state index in [9.17, 15) is 4.79 Å². The van der Waals surface area contributed by atoms with Crippen molar-refractivity contribution in [2.24, 2.45) is 0 Å². The van der Waals surface area contributed by atoms with Crippen molar-refractivity contribution in [1.29, 1.82) is 0 Å². The van der Waals surface area contributed by atoms with Gasteiger partial charge in [0.1, 0.15) is 5.69 Å². The van der Waals surface area contributed by atoms with E-state index in [4.69, 9.17) is 4.74 Å². The summed E-state index contributed by atoms with van der Waals surface area (Å²) in [7, 11) is 0. The number of carbonyl (C=O) groups is 1. The first-order valence-corrected chi connectivity index (χ1v) is 10.1. The third kappa shape index (κ3) is 3.99. The first kappa shape index (κ1) is 19.5. The van der Waals surface area contributed by atoms with Crippen LogP contribution in [0.15, 0.2) is 78.9 Å². The van der Waals surface area contributed by atoms with Gasteiger partial charge in [0.2, 0.25) is 0 Å². The Morgan fingerprint density at radius 1 is 0.967 bits per heavy atom. The van der Waals surface area contributed by atoms with Crippen LogP contribution in [-0.2, 0) is 4.74 Å². The zero-order valence-corrected chi connectivity index (χ0v) is 17.1. The molecule has 0 aliphatic rings. The molecule has 30 heavy (non-hydrogen) atoms. The second-order valence-electron chi connectivity index (χ2n) is 7.16. The Morgan fingerprint density at radius 2 is 1.67 bits per heavy atom. The Bertz CT molecular complexity index is 1220. The molecule has 0 fully saturated rings. The van der Waals surface area contributed by atoms with Crippen LogP contribution in [0.5, 0.6) is 0 Å². The Morgan fingerprint density at radius 3 is 2.40 bits per heavy atom. The van der Waals surface area contributed by atoms with Gasteiger partial charge in [-0.3, -0.25) is 0 Å². The van der Waals surface area contributed by atoms with Gasteiger partial charge in [-0.2, -0.15) is 0 Å². The summed E-state index contributed by atoms with van der Waals surface area (Å²) in [5, 5.41) is 0.980. The van der Waals surface area contributed by atoms with Gasteiger partial charge in [-0.25, -0.2) is 4.79 Å². The van der Waals surface area contributed by atoms with Crippen LogP contribution >= 0.6 is 0 Å². The summed E-state index contributed by atoms with van der Waals surface area (Å²) in [5.74, 6) is 6.08. The monoisotopic (exact) mass is 393 g/mol. The molecule has 148 valence electrons. The highest BCUT2D eigenvalue weighted by Gasteiger charge is 2.25. The van der Waals surface area contributed by atoms with Gasteiger partial charge in [0.05, 0.1) is 12.5 Å². The molecule has 0 bridgehead atoms. The minimum atomic E-state index is -0.359. The second kappa shape index (κ2) is 8.71. The molecule has 4 rings (SSSR count). The van der Waals surface area contributed by atoms with Crippen LogP contribution in [0, 0.1) is 18.8 Å². The molecule has 1 heterocycles. The highest BCUT2D eigenvalue weighted by Crippen LogP contribution is 2.34. The molecule has 0 saturated heterocycles. The quantitative estimate of drug-likeness (QED) is 0.350. The van der Waals surface area contributed by atoms with E-state index in [1.807, 2.05) is 61.5 Å². The van der Waals surface area contributed by atoms with Crippen LogP contribution in [0.2, 0.25) is 0 Å². The van der Waals surface area contributed by atoms with E-state index in [0.717, 1.165) is 27.6 Å². The first-order chi connectivity index (χ1) is 14.7. The minimum Gasteiger partial charge on any atom is -0.461 e. The molecule has 4 aromatic rings. The summed E-state index contributed by atoms with van der Waals surface area (Å²) in [6.45, 7) is 4.19. The summed E-state index contributed by atoms with van der Waals surface area (Å²) < 4.78 is 5.35. The van der Waals surface area contributed by atoms with E-state index in [1.54, 1.807) is 0 Å². The van der Waals surface area contributed by atoms with Crippen LogP contribution in [0.4, 0.5) is 0 Å². The normalized spacial score (nSPS) is 11.5. The molecule has 0 amide bonds. The van der Waals surface area contributed by atoms with E-state index < -0.39 is 0 Å². The summed E-state index contributed by atoms with van der Waals surface area (Å²) in [5.41, 5.74) is 5.38. The standard InChI is InChI=1S/C27H23NO2/c1-3-30-27(29)26-25(23-11-7-8-12-24(23)28-26)22(21-16-13-19(2)14-17-21)18-15-20-9-5-4-6-10-20/h4-14,16-17,22,28H,3H2,1-2H3. The van der Waals surface area contributed by atoms with Gasteiger partial charge in [-0.1, -0.05) is 78.1 Å². The van der Waals surface area contributed by atoms with Crippen LogP contribution in [0.25, 0.3) is 10.9 Å². The van der Waals surface area contributed by atoms with Crippen molar-refractivity contribution in [3.05, 3.63) is 107 Å². The van der Waals surface area contributed by atoms with Crippen molar-refractivity contribution in [3.8, 4) is 11.8 Å². The lowest BCUT2D eigenvalue weighted by Crippen LogP contribution is -2.10. The van der Waals surface area contributed by atoms with Crippen LogP contribution < -0.4 is 0 Å². The number of hydrogen-bond donors (Lipinski definition) is 1. The molecule has 3 nitrogen and oxygen atoms in total. The molecular weight excluding hydrogens is 370 g/mol. The maximum atomic E-state index is 12.8. The average Bonchev–Trinajstić information content (AvgIpc) is 3.16. The highest BCUT2D eigenvalue weighted by molar-refractivity contribution is 5.99. The Hall–Kier alpha value is -3.77. The van der Waals surface area contributed by atoms with Crippen molar-refractivity contribution >= 4 is 16.9 Å². The summed E-state index contributed by atoms with van der Waals surface area (Å²) >= 11 is 0. The number of hydrogen-bond acceptors (Lipinski definition) is 2. The number of aromatic nitrogens is 1. The first-order valence-electron chi connectivity index (χ1n) is 10.1. The lowest BCUT2D eigenvalue weighted by atomic mass is 9.88. The molecule has 0 radical (unpaired) electrons. The van der Waals surface area contributed by atoms with Gasteiger partial charge in [0, 0.05) is 22.0 Å². The molecule has 3 heteroatoms. The predicted octanol–water partition coefficient (Wildman–Crippen LogP) is 5.84. The van der Waals surface area contributed by atoms with Crippen molar-refractivity contribution in [1.82, 2.24) is 4.98 Å². The lowest BCUT2D eigenvalue weighted by molar-refractivity contribution is 0.0519. The number of aromatic amines is 1. The zero-order chi connectivity index (χ0) is 20.9. The molecule has 1 unspecified atom stereocenters. The number of carbonyl (C=O) groups excluding carboxylic acids is 1. The van der Waals surface area contributed by atoms with Gasteiger partial charge >= 0.3 is 5.97 Å².